The highest BCUT2D eigenvalue weighted by molar-refractivity contribution is 6.30. The molecule has 0 saturated carbocycles. The number of hydrogen-bond acceptors (Lipinski definition) is 4. The lowest BCUT2D eigenvalue weighted by Crippen LogP contribution is -2.41. The summed E-state index contributed by atoms with van der Waals surface area (Å²) in [5, 5.41) is 9.91. The van der Waals surface area contributed by atoms with Crippen molar-refractivity contribution < 1.29 is 35.9 Å². The van der Waals surface area contributed by atoms with Crippen LogP contribution in [-0.4, -0.2) is 27.1 Å². The Morgan fingerprint density at radius 3 is 2.24 bits per heavy atom. The van der Waals surface area contributed by atoms with E-state index in [0.29, 0.717) is 40.7 Å². The van der Waals surface area contributed by atoms with E-state index in [-0.39, 0.29) is 6.61 Å². The normalized spacial score (nSPS) is 13.9. The predicted molar refractivity (Wildman–Crippen MR) is 109 cm³/mol. The molecule has 3 aromatic rings. The number of benzene rings is 2. The van der Waals surface area contributed by atoms with Crippen LogP contribution in [0.25, 0.3) is 0 Å². The van der Waals surface area contributed by atoms with Crippen LogP contribution in [-0.2, 0) is 17.6 Å². The molecule has 6 nitrogen and oxygen atoms in total. The highest BCUT2D eigenvalue weighted by Gasteiger charge is 2.43. The second kappa shape index (κ2) is 9.92. The van der Waals surface area contributed by atoms with Crippen molar-refractivity contribution in [3.8, 4) is 5.75 Å². The fourth-order valence-electron chi connectivity index (χ4n) is 2.86. The molecule has 0 spiro atoms. The molecule has 0 aliphatic carbocycles. The SMILES string of the molecule is CC(C(=O)NC(c1ccc(C(F)(F)F)cc1)C(F)(F)F)n1cc(COc2ccc(Cl)cc2)nn1. The maximum absolute atomic E-state index is 13.6. The minimum Gasteiger partial charge on any atom is -0.487 e. The smallest absolute Gasteiger partial charge is 0.416 e. The molecule has 1 aromatic heterocycles. The van der Waals surface area contributed by atoms with Gasteiger partial charge in [-0.3, -0.25) is 4.79 Å². The van der Waals surface area contributed by atoms with Gasteiger partial charge in [0.2, 0.25) is 5.91 Å². The summed E-state index contributed by atoms with van der Waals surface area (Å²) in [5.74, 6) is -0.563. The molecule has 1 heterocycles. The van der Waals surface area contributed by atoms with Gasteiger partial charge in [-0.2, -0.15) is 26.3 Å². The minimum absolute atomic E-state index is 0.0211. The summed E-state index contributed by atoms with van der Waals surface area (Å²) in [5.41, 5.74) is -1.34. The summed E-state index contributed by atoms with van der Waals surface area (Å²) in [6, 6.07) is 5.17. The highest BCUT2D eigenvalue weighted by Crippen LogP contribution is 2.35. The van der Waals surface area contributed by atoms with Gasteiger partial charge in [-0.25, -0.2) is 4.68 Å². The van der Waals surface area contributed by atoms with Crippen molar-refractivity contribution in [3.63, 3.8) is 0 Å². The molecule has 2 unspecified atom stereocenters. The van der Waals surface area contributed by atoms with Crippen molar-refractivity contribution >= 4 is 17.5 Å². The van der Waals surface area contributed by atoms with Crippen molar-refractivity contribution in [3.05, 3.63) is 76.6 Å². The Morgan fingerprint density at radius 2 is 1.68 bits per heavy atom. The van der Waals surface area contributed by atoms with Crippen LogP contribution >= 0.6 is 11.6 Å². The molecule has 13 heteroatoms. The average molecular weight is 507 g/mol. The van der Waals surface area contributed by atoms with E-state index in [9.17, 15) is 31.1 Å². The molecule has 34 heavy (non-hydrogen) atoms. The number of carbonyl (C=O) groups excluding carboxylic acids is 1. The van der Waals surface area contributed by atoms with E-state index in [1.165, 1.54) is 13.1 Å². The summed E-state index contributed by atoms with van der Waals surface area (Å²) in [6.45, 7) is 1.28. The van der Waals surface area contributed by atoms with Crippen LogP contribution in [0.4, 0.5) is 26.3 Å². The van der Waals surface area contributed by atoms with Gasteiger partial charge in [-0.05, 0) is 48.9 Å². The van der Waals surface area contributed by atoms with Crippen molar-refractivity contribution in [2.75, 3.05) is 0 Å². The Morgan fingerprint density at radius 1 is 1.06 bits per heavy atom. The number of halogens is 7. The molecule has 182 valence electrons. The van der Waals surface area contributed by atoms with E-state index in [1.54, 1.807) is 24.3 Å². The third-order valence-electron chi connectivity index (χ3n) is 4.72. The molecule has 1 amide bonds. The van der Waals surface area contributed by atoms with Crippen LogP contribution in [0.3, 0.4) is 0 Å². The Hall–Kier alpha value is -3.28. The van der Waals surface area contributed by atoms with E-state index in [2.05, 4.69) is 10.3 Å². The summed E-state index contributed by atoms with van der Waals surface area (Å²) in [6.07, 6.45) is -8.32. The van der Waals surface area contributed by atoms with Crippen molar-refractivity contribution in [2.45, 2.75) is 38.0 Å². The molecule has 2 atom stereocenters. The van der Waals surface area contributed by atoms with Gasteiger partial charge in [0.1, 0.15) is 24.1 Å². The first-order valence-electron chi connectivity index (χ1n) is 9.68. The lowest BCUT2D eigenvalue weighted by molar-refractivity contribution is -0.164. The molecule has 0 fully saturated rings. The van der Waals surface area contributed by atoms with Crippen molar-refractivity contribution in [2.24, 2.45) is 0 Å². The van der Waals surface area contributed by atoms with Crippen LogP contribution < -0.4 is 10.1 Å². The van der Waals surface area contributed by atoms with Gasteiger partial charge in [0.05, 0.1) is 11.8 Å². The van der Waals surface area contributed by atoms with E-state index >= 15 is 0 Å². The number of rotatable bonds is 7. The maximum atomic E-state index is 13.6. The minimum atomic E-state index is -4.95. The van der Waals surface area contributed by atoms with Crippen LogP contribution in [0, 0.1) is 0 Å². The van der Waals surface area contributed by atoms with Gasteiger partial charge in [0.15, 0.2) is 6.04 Å². The standard InChI is InChI=1S/C21H17ClF6N4O2/c1-12(32-10-16(30-31-32)11-34-17-8-6-15(22)7-9-17)19(33)29-18(21(26,27)28)13-2-4-14(5-3-13)20(23,24)25/h2-10,12,18H,11H2,1H3,(H,29,33). The number of aromatic nitrogens is 3. The Labute approximate surface area is 194 Å². The number of amides is 1. The molecule has 0 radical (unpaired) electrons. The summed E-state index contributed by atoms with van der Waals surface area (Å²) < 4.78 is 85.3. The van der Waals surface area contributed by atoms with Gasteiger partial charge in [-0.15, -0.1) is 5.10 Å². The summed E-state index contributed by atoms with van der Waals surface area (Å²) in [7, 11) is 0. The first-order chi connectivity index (χ1) is 15.8. The largest absolute Gasteiger partial charge is 0.487 e. The lowest BCUT2D eigenvalue weighted by Gasteiger charge is -2.24. The first-order valence-corrected chi connectivity index (χ1v) is 10.1. The maximum Gasteiger partial charge on any atom is 0.416 e. The van der Waals surface area contributed by atoms with Crippen LogP contribution in [0.15, 0.2) is 54.7 Å². The highest BCUT2D eigenvalue weighted by atomic mass is 35.5. The number of hydrogen-bond donors (Lipinski definition) is 1. The zero-order valence-electron chi connectivity index (χ0n) is 17.4. The lowest BCUT2D eigenvalue weighted by atomic mass is 10.0. The van der Waals surface area contributed by atoms with Gasteiger partial charge in [-0.1, -0.05) is 28.9 Å². The molecular formula is C21H17ClF6N4O2. The first kappa shape index (κ1) is 25.3. The van der Waals surface area contributed by atoms with Crippen molar-refractivity contribution in [1.82, 2.24) is 20.3 Å². The number of alkyl halides is 6. The second-order valence-electron chi connectivity index (χ2n) is 7.21. The quantitative estimate of drug-likeness (QED) is 0.429. The Balaban J connectivity index is 1.68. The van der Waals surface area contributed by atoms with E-state index in [4.69, 9.17) is 16.3 Å². The van der Waals surface area contributed by atoms with Gasteiger partial charge < -0.3 is 10.1 Å². The van der Waals surface area contributed by atoms with E-state index < -0.39 is 41.5 Å². The monoisotopic (exact) mass is 506 g/mol. The second-order valence-corrected chi connectivity index (χ2v) is 7.65. The molecule has 1 N–H and O–H groups in total. The zero-order valence-corrected chi connectivity index (χ0v) is 18.1. The number of carbonyl (C=O) groups is 1. The van der Waals surface area contributed by atoms with Gasteiger partial charge >= 0.3 is 12.4 Å². The van der Waals surface area contributed by atoms with E-state index in [0.717, 1.165) is 4.68 Å². The number of ether oxygens (including phenoxy) is 1. The van der Waals surface area contributed by atoms with Crippen molar-refractivity contribution in [1.29, 1.82) is 0 Å². The molecule has 0 aliphatic heterocycles. The fraction of sp³-hybridized carbons (Fsp3) is 0.286. The number of nitrogens with one attached hydrogen (secondary N) is 1. The van der Waals surface area contributed by atoms with Gasteiger partial charge in [0.25, 0.3) is 0 Å². The van der Waals surface area contributed by atoms with Gasteiger partial charge in [0, 0.05) is 5.02 Å². The Bertz CT molecular complexity index is 1110. The van der Waals surface area contributed by atoms with Crippen LogP contribution in [0.5, 0.6) is 5.75 Å². The molecule has 0 bridgehead atoms. The van der Waals surface area contributed by atoms with Crippen LogP contribution in [0.1, 0.15) is 35.8 Å². The third kappa shape index (κ3) is 6.40. The summed E-state index contributed by atoms with van der Waals surface area (Å²) in [4.78, 5) is 12.5. The summed E-state index contributed by atoms with van der Waals surface area (Å²) >= 11 is 5.79. The predicted octanol–water partition coefficient (Wildman–Crippen LogP) is 5.51. The van der Waals surface area contributed by atoms with E-state index in [1.807, 2.05) is 5.32 Å². The van der Waals surface area contributed by atoms with Crippen LogP contribution in [0.2, 0.25) is 5.02 Å². The zero-order chi connectivity index (χ0) is 25.1. The fourth-order valence-corrected chi connectivity index (χ4v) is 2.98. The molecular weight excluding hydrogens is 490 g/mol. The topological polar surface area (TPSA) is 69.0 Å². The Kier molecular flexibility index (Phi) is 7.39. The number of nitrogens with zero attached hydrogens (tertiary/aromatic N) is 3. The molecule has 3 rings (SSSR count). The molecule has 2 aromatic carbocycles. The molecule has 0 saturated heterocycles. The average Bonchev–Trinajstić information content (AvgIpc) is 3.24. The third-order valence-corrected chi connectivity index (χ3v) is 4.97. The molecule has 0 aliphatic rings.